The van der Waals surface area contributed by atoms with Crippen LogP contribution in [0.25, 0.3) is 0 Å². The molecule has 0 aliphatic carbocycles. The molecule has 0 amide bonds. The Morgan fingerprint density at radius 2 is 1.95 bits per heavy atom. The topological polar surface area (TPSA) is 27.7 Å². The van der Waals surface area contributed by atoms with Crippen LogP contribution in [0, 0.1) is 5.92 Å². The first kappa shape index (κ1) is 13.3. The number of rotatable bonds is 2. The van der Waals surface area contributed by atoms with Crippen molar-refractivity contribution < 1.29 is 14.2 Å². The summed E-state index contributed by atoms with van der Waals surface area (Å²) in [5, 5.41) is 0. The van der Waals surface area contributed by atoms with Crippen LogP contribution < -0.4 is 9.47 Å². The Morgan fingerprint density at radius 1 is 1.16 bits per heavy atom. The number of hydrogen-bond acceptors (Lipinski definition) is 3. The Kier molecular flexibility index (Phi) is 3.99. The fourth-order valence-corrected chi connectivity index (χ4v) is 3.59. The SMILES string of the molecule is CC1CCOC1C(Br)c1ccc2c(c1)OCCCO2. The third-order valence-electron chi connectivity index (χ3n) is 3.82. The predicted molar refractivity (Wildman–Crippen MR) is 77.2 cm³/mol. The highest BCUT2D eigenvalue weighted by Gasteiger charge is 2.32. The molecule has 19 heavy (non-hydrogen) atoms. The minimum Gasteiger partial charge on any atom is -0.490 e. The van der Waals surface area contributed by atoms with Crippen molar-refractivity contribution in [3.05, 3.63) is 23.8 Å². The van der Waals surface area contributed by atoms with Crippen LogP contribution in [0.15, 0.2) is 18.2 Å². The zero-order valence-corrected chi connectivity index (χ0v) is 12.7. The highest BCUT2D eigenvalue weighted by atomic mass is 79.9. The Morgan fingerprint density at radius 3 is 2.68 bits per heavy atom. The Balaban J connectivity index is 1.82. The van der Waals surface area contributed by atoms with E-state index in [0.29, 0.717) is 5.92 Å². The molecule has 1 saturated heterocycles. The molecule has 2 aliphatic heterocycles. The minimum absolute atomic E-state index is 0.210. The molecule has 3 nitrogen and oxygen atoms in total. The first-order valence-electron chi connectivity index (χ1n) is 6.91. The zero-order chi connectivity index (χ0) is 13.2. The van der Waals surface area contributed by atoms with Crippen molar-refractivity contribution in [3.8, 4) is 11.5 Å². The largest absolute Gasteiger partial charge is 0.490 e. The molecule has 1 fully saturated rings. The second kappa shape index (κ2) is 5.71. The first-order valence-corrected chi connectivity index (χ1v) is 7.82. The van der Waals surface area contributed by atoms with Crippen molar-refractivity contribution >= 4 is 15.9 Å². The summed E-state index contributed by atoms with van der Waals surface area (Å²) in [6.07, 6.45) is 2.31. The van der Waals surface area contributed by atoms with Crippen molar-refractivity contribution in [1.29, 1.82) is 0 Å². The third kappa shape index (κ3) is 2.75. The predicted octanol–water partition coefficient (Wildman–Crippen LogP) is 3.71. The molecule has 0 saturated carbocycles. The van der Waals surface area contributed by atoms with Crippen molar-refractivity contribution in [2.45, 2.75) is 30.7 Å². The van der Waals surface area contributed by atoms with Crippen molar-refractivity contribution in [2.75, 3.05) is 19.8 Å². The minimum atomic E-state index is 0.210. The maximum absolute atomic E-state index is 5.83. The maximum Gasteiger partial charge on any atom is 0.161 e. The van der Waals surface area contributed by atoms with Crippen molar-refractivity contribution in [2.24, 2.45) is 5.92 Å². The van der Waals surface area contributed by atoms with Crippen molar-refractivity contribution in [1.82, 2.24) is 0 Å². The van der Waals surface area contributed by atoms with E-state index >= 15 is 0 Å². The van der Waals surface area contributed by atoms with Gasteiger partial charge in [-0.15, -0.1) is 0 Å². The number of alkyl halides is 1. The van der Waals surface area contributed by atoms with E-state index in [1.165, 1.54) is 5.56 Å². The van der Waals surface area contributed by atoms with Crippen LogP contribution in [0.3, 0.4) is 0 Å². The lowest BCUT2D eigenvalue weighted by Gasteiger charge is -2.22. The lowest BCUT2D eigenvalue weighted by molar-refractivity contribution is 0.0934. The first-order chi connectivity index (χ1) is 9.25. The molecule has 0 bridgehead atoms. The van der Waals surface area contributed by atoms with Gasteiger partial charge in [0.25, 0.3) is 0 Å². The van der Waals surface area contributed by atoms with Gasteiger partial charge in [0.1, 0.15) is 0 Å². The fraction of sp³-hybridized carbons (Fsp3) is 0.600. The maximum atomic E-state index is 5.83. The smallest absolute Gasteiger partial charge is 0.161 e. The molecule has 0 N–H and O–H groups in total. The molecule has 3 atom stereocenters. The second-order valence-electron chi connectivity index (χ2n) is 5.26. The lowest BCUT2D eigenvalue weighted by atomic mass is 9.97. The summed E-state index contributed by atoms with van der Waals surface area (Å²) in [5.74, 6) is 2.28. The van der Waals surface area contributed by atoms with Gasteiger partial charge in [-0.1, -0.05) is 28.9 Å². The van der Waals surface area contributed by atoms with E-state index in [-0.39, 0.29) is 10.9 Å². The molecule has 4 heteroatoms. The standard InChI is InChI=1S/C15H19BrO3/c1-10-5-8-19-15(10)14(16)11-3-4-12-13(9-11)18-7-2-6-17-12/h3-4,9-10,14-15H,2,5-8H2,1H3. The molecule has 0 spiro atoms. The van der Waals surface area contributed by atoms with Crippen LogP contribution >= 0.6 is 15.9 Å². The summed E-state index contributed by atoms with van der Waals surface area (Å²) >= 11 is 3.78. The highest BCUT2D eigenvalue weighted by molar-refractivity contribution is 9.09. The van der Waals surface area contributed by atoms with E-state index in [1.807, 2.05) is 6.07 Å². The molecule has 0 radical (unpaired) electrons. The van der Waals surface area contributed by atoms with Crippen LogP contribution in [0.4, 0.5) is 0 Å². The van der Waals surface area contributed by atoms with Gasteiger partial charge in [-0.25, -0.2) is 0 Å². The summed E-state index contributed by atoms with van der Waals surface area (Å²) in [7, 11) is 0. The molecule has 0 aromatic heterocycles. The summed E-state index contributed by atoms with van der Waals surface area (Å²) in [6, 6.07) is 6.18. The molecule has 3 rings (SSSR count). The Labute approximate surface area is 122 Å². The van der Waals surface area contributed by atoms with E-state index in [0.717, 1.165) is 44.2 Å². The molecule has 3 unspecified atom stereocenters. The number of hydrogen-bond donors (Lipinski definition) is 0. The van der Waals surface area contributed by atoms with Gasteiger partial charge in [0.05, 0.1) is 24.1 Å². The molecule has 1 aromatic rings. The van der Waals surface area contributed by atoms with Crippen LogP contribution in [-0.4, -0.2) is 25.9 Å². The monoisotopic (exact) mass is 326 g/mol. The fourth-order valence-electron chi connectivity index (χ4n) is 2.63. The van der Waals surface area contributed by atoms with E-state index in [1.54, 1.807) is 0 Å². The molecular formula is C15H19BrO3. The van der Waals surface area contributed by atoms with Gasteiger partial charge in [0, 0.05) is 13.0 Å². The molecule has 2 aliphatic rings. The van der Waals surface area contributed by atoms with Gasteiger partial charge in [-0.05, 0) is 30.0 Å². The molecule has 1 aromatic carbocycles. The quantitative estimate of drug-likeness (QED) is 0.775. The normalized spacial score (nSPS) is 27.9. The number of ether oxygens (including phenoxy) is 3. The van der Waals surface area contributed by atoms with Crippen LogP contribution in [0.5, 0.6) is 11.5 Å². The highest BCUT2D eigenvalue weighted by Crippen LogP contribution is 2.40. The van der Waals surface area contributed by atoms with E-state index in [4.69, 9.17) is 14.2 Å². The van der Waals surface area contributed by atoms with Gasteiger partial charge >= 0.3 is 0 Å². The van der Waals surface area contributed by atoms with E-state index < -0.39 is 0 Å². The van der Waals surface area contributed by atoms with E-state index in [2.05, 4.69) is 35.0 Å². The van der Waals surface area contributed by atoms with E-state index in [9.17, 15) is 0 Å². The molecule has 104 valence electrons. The lowest BCUT2D eigenvalue weighted by Crippen LogP contribution is -2.19. The van der Waals surface area contributed by atoms with Crippen LogP contribution in [0.1, 0.15) is 30.2 Å². The summed E-state index contributed by atoms with van der Waals surface area (Å²) in [5.41, 5.74) is 1.20. The average Bonchev–Trinajstić information content (AvgIpc) is 2.72. The van der Waals surface area contributed by atoms with Crippen molar-refractivity contribution in [3.63, 3.8) is 0 Å². The Hall–Kier alpha value is -0.740. The molecular weight excluding hydrogens is 308 g/mol. The summed E-state index contributed by atoms with van der Waals surface area (Å²) in [6.45, 7) is 4.56. The van der Waals surface area contributed by atoms with Gasteiger partial charge < -0.3 is 14.2 Å². The second-order valence-corrected chi connectivity index (χ2v) is 6.25. The van der Waals surface area contributed by atoms with Crippen LogP contribution in [0.2, 0.25) is 0 Å². The number of benzene rings is 1. The van der Waals surface area contributed by atoms with Gasteiger partial charge in [-0.2, -0.15) is 0 Å². The third-order valence-corrected chi connectivity index (χ3v) is 4.87. The van der Waals surface area contributed by atoms with Gasteiger partial charge in [0.2, 0.25) is 0 Å². The average molecular weight is 327 g/mol. The molecule has 2 heterocycles. The van der Waals surface area contributed by atoms with Gasteiger partial charge in [-0.3, -0.25) is 0 Å². The van der Waals surface area contributed by atoms with Gasteiger partial charge in [0.15, 0.2) is 11.5 Å². The summed E-state index contributed by atoms with van der Waals surface area (Å²) in [4.78, 5) is 0.210. The van der Waals surface area contributed by atoms with Crippen LogP contribution in [-0.2, 0) is 4.74 Å². The summed E-state index contributed by atoms with van der Waals surface area (Å²) < 4.78 is 17.2. The number of halogens is 1. The Bertz CT molecular complexity index is 449. The zero-order valence-electron chi connectivity index (χ0n) is 11.1. The number of fused-ring (bicyclic) bond motifs is 1.